The third-order valence-corrected chi connectivity index (χ3v) is 9.56. The van der Waals surface area contributed by atoms with Crippen LogP contribution in [0, 0.1) is 16.7 Å². The van der Waals surface area contributed by atoms with Crippen LogP contribution in [0.5, 0.6) is 0 Å². The maximum absolute atomic E-state index is 13.0. The predicted molar refractivity (Wildman–Crippen MR) is 137 cm³/mol. The van der Waals surface area contributed by atoms with Gasteiger partial charge in [-0.05, 0) is 33.6 Å². The number of esters is 4. The van der Waals surface area contributed by atoms with E-state index < -0.39 is 76.2 Å². The lowest BCUT2D eigenvalue weighted by Crippen LogP contribution is -2.81. The average Bonchev–Trinajstić information content (AvgIpc) is 3.15. The largest absolute Gasteiger partial charge is 0.462 e. The lowest BCUT2D eigenvalue weighted by molar-refractivity contribution is -0.373. The van der Waals surface area contributed by atoms with Crippen molar-refractivity contribution >= 4 is 23.9 Å². The molecular formula is C29H40O10. The summed E-state index contributed by atoms with van der Waals surface area (Å²) in [5.41, 5.74) is -3.57. The number of fused-ring (bicyclic) bond motifs is 3. The van der Waals surface area contributed by atoms with Crippen molar-refractivity contribution in [2.45, 2.75) is 110 Å². The lowest BCUT2D eigenvalue weighted by Gasteiger charge is -2.71. The summed E-state index contributed by atoms with van der Waals surface area (Å²) in [6.45, 7) is 15.7. The number of hydrogen-bond acceptors (Lipinski definition) is 10. The van der Waals surface area contributed by atoms with Gasteiger partial charge < -0.3 is 28.8 Å². The van der Waals surface area contributed by atoms with Gasteiger partial charge in [0.1, 0.15) is 36.1 Å². The second-order valence-corrected chi connectivity index (χ2v) is 12.4. The summed E-state index contributed by atoms with van der Waals surface area (Å²) in [5.74, 6) is -2.82. The first kappa shape index (κ1) is 29.3. The van der Waals surface area contributed by atoms with Gasteiger partial charge in [-0.1, -0.05) is 31.6 Å². The number of allylic oxidation sites excluding steroid dienone is 1. The maximum atomic E-state index is 13.0. The molecule has 1 spiro atoms. The van der Waals surface area contributed by atoms with Crippen molar-refractivity contribution in [3.8, 4) is 0 Å². The van der Waals surface area contributed by atoms with Crippen LogP contribution in [-0.2, 0) is 42.9 Å². The molecule has 4 aliphatic rings. The Morgan fingerprint density at radius 2 is 1.69 bits per heavy atom. The number of rotatable bonds is 4. The van der Waals surface area contributed by atoms with Crippen LogP contribution in [0.2, 0.25) is 0 Å². The Balaban J connectivity index is 1.98. The van der Waals surface area contributed by atoms with Crippen LogP contribution < -0.4 is 0 Å². The Labute approximate surface area is 229 Å². The van der Waals surface area contributed by atoms with Crippen LogP contribution in [0.25, 0.3) is 0 Å². The van der Waals surface area contributed by atoms with Crippen molar-refractivity contribution in [1.29, 1.82) is 0 Å². The number of ether oxygens (including phenoxy) is 5. The quantitative estimate of drug-likeness (QED) is 0.242. The maximum Gasteiger partial charge on any atom is 0.331 e. The Kier molecular flexibility index (Phi) is 7.30. The van der Waals surface area contributed by atoms with Crippen LogP contribution in [0.4, 0.5) is 0 Å². The zero-order valence-corrected chi connectivity index (χ0v) is 23.8. The highest BCUT2D eigenvalue weighted by Gasteiger charge is 2.78. The molecule has 0 aromatic rings. The van der Waals surface area contributed by atoms with Crippen LogP contribution >= 0.6 is 0 Å². The van der Waals surface area contributed by atoms with Crippen molar-refractivity contribution in [2.24, 2.45) is 16.7 Å². The van der Waals surface area contributed by atoms with Gasteiger partial charge in [0.15, 0.2) is 6.10 Å². The summed E-state index contributed by atoms with van der Waals surface area (Å²) in [4.78, 5) is 50.1. The van der Waals surface area contributed by atoms with Gasteiger partial charge in [0.05, 0.1) is 6.42 Å². The number of cyclic esters (lactones) is 1. The Bertz CT molecular complexity index is 1120. The molecule has 10 heteroatoms. The third-order valence-electron chi connectivity index (χ3n) is 9.56. The van der Waals surface area contributed by atoms with E-state index >= 15 is 0 Å². The molecule has 0 radical (unpaired) electrons. The van der Waals surface area contributed by atoms with E-state index in [9.17, 15) is 24.3 Å². The molecule has 0 aromatic carbocycles. The molecule has 39 heavy (non-hydrogen) atoms. The van der Waals surface area contributed by atoms with E-state index in [4.69, 9.17) is 23.7 Å². The van der Waals surface area contributed by atoms with Crippen LogP contribution in [-0.4, -0.2) is 71.2 Å². The molecule has 2 aliphatic carbocycles. The van der Waals surface area contributed by atoms with Crippen molar-refractivity contribution in [3.63, 3.8) is 0 Å². The number of aliphatic hydroxyl groups excluding tert-OH is 1. The smallest absolute Gasteiger partial charge is 0.331 e. The summed E-state index contributed by atoms with van der Waals surface area (Å²) in [6.07, 6.45) is -1.86. The molecule has 4 fully saturated rings. The van der Waals surface area contributed by atoms with Gasteiger partial charge in [-0.25, -0.2) is 4.79 Å². The van der Waals surface area contributed by atoms with Gasteiger partial charge >= 0.3 is 23.9 Å². The molecular weight excluding hydrogens is 508 g/mol. The normalized spacial score (nSPS) is 43.0. The monoisotopic (exact) mass is 548 g/mol. The van der Waals surface area contributed by atoms with Gasteiger partial charge in [-0.2, -0.15) is 0 Å². The van der Waals surface area contributed by atoms with Crippen molar-refractivity contribution < 1.29 is 48.0 Å². The van der Waals surface area contributed by atoms with Gasteiger partial charge in [0.25, 0.3) is 0 Å². The van der Waals surface area contributed by atoms with E-state index in [1.165, 1.54) is 19.9 Å². The fourth-order valence-corrected chi connectivity index (χ4v) is 7.77. The minimum Gasteiger partial charge on any atom is -0.462 e. The van der Waals surface area contributed by atoms with E-state index in [-0.39, 0.29) is 19.4 Å². The lowest BCUT2D eigenvalue weighted by atomic mass is 9.40. The van der Waals surface area contributed by atoms with Gasteiger partial charge in [0.2, 0.25) is 0 Å². The predicted octanol–water partition coefficient (Wildman–Crippen LogP) is 2.95. The highest BCUT2D eigenvalue weighted by atomic mass is 16.6. The zero-order chi connectivity index (χ0) is 29.1. The summed E-state index contributed by atoms with van der Waals surface area (Å²) < 4.78 is 30.0. The molecule has 1 N–H and O–H groups in total. The van der Waals surface area contributed by atoms with Gasteiger partial charge in [0, 0.05) is 43.1 Å². The van der Waals surface area contributed by atoms with Crippen LogP contribution in [0.1, 0.15) is 74.1 Å². The molecule has 0 aromatic heterocycles. The Morgan fingerprint density at radius 3 is 2.23 bits per heavy atom. The second-order valence-electron chi connectivity index (χ2n) is 12.4. The molecule has 2 aliphatic heterocycles. The number of carbonyl (C=O) groups is 4. The topological polar surface area (TPSA) is 135 Å². The first-order valence-corrected chi connectivity index (χ1v) is 13.4. The van der Waals surface area contributed by atoms with Crippen LogP contribution in [0.3, 0.4) is 0 Å². The first-order chi connectivity index (χ1) is 18.0. The minimum absolute atomic E-state index is 0.0813. The molecule has 9 atom stereocenters. The molecule has 2 heterocycles. The standard InChI is InChI=1S/C29H40O10/c1-15(2)11-21(32)38-25-24(34)26(6)16(3)9-10-19(36-17(4)30)23(26)27(7)20(37-18(5)31)12-29(39-28(25,27)8)13-22(33)35-14-29/h11,19-20,23-25,34H,3,9-10,12-14H2,1-2,4-8H3/t19-,20+,23+,24+,25+,26+,27-,28+,29-/m1/s1. The molecule has 2 saturated heterocycles. The van der Waals surface area contributed by atoms with E-state index in [1.54, 1.807) is 20.8 Å². The Morgan fingerprint density at radius 1 is 1.05 bits per heavy atom. The molecule has 2 saturated carbocycles. The van der Waals surface area contributed by atoms with Gasteiger partial charge in [-0.3, -0.25) is 14.4 Å². The molecule has 4 rings (SSSR count). The van der Waals surface area contributed by atoms with E-state index in [0.29, 0.717) is 24.0 Å². The summed E-state index contributed by atoms with van der Waals surface area (Å²) in [5, 5.41) is 12.1. The van der Waals surface area contributed by atoms with Crippen molar-refractivity contribution in [3.05, 3.63) is 23.8 Å². The molecule has 216 valence electrons. The third kappa shape index (κ3) is 4.49. The minimum atomic E-state index is -1.51. The zero-order valence-electron chi connectivity index (χ0n) is 23.8. The SMILES string of the molecule is C=C1CC[C@@H](OC(C)=O)[C@H]2[C@@]1(C)[C@@H](O)[C@H](OC(=O)C=C(C)C)[C@]1(C)O[C@]3(COC(=O)C3)C[C@H](OC(C)=O)[C@]21C. The molecule has 0 amide bonds. The summed E-state index contributed by atoms with van der Waals surface area (Å²) in [6, 6.07) is 0. The molecule has 0 unspecified atom stereocenters. The summed E-state index contributed by atoms with van der Waals surface area (Å²) >= 11 is 0. The highest BCUT2D eigenvalue weighted by molar-refractivity contribution is 5.83. The van der Waals surface area contributed by atoms with E-state index in [1.807, 2.05) is 13.8 Å². The fourth-order valence-electron chi connectivity index (χ4n) is 7.77. The second kappa shape index (κ2) is 9.73. The number of aliphatic hydroxyl groups is 1. The number of hydrogen-bond donors (Lipinski definition) is 1. The number of carbonyl (C=O) groups excluding carboxylic acids is 4. The van der Waals surface area contributed by atoms with Crippen molar-refractivity contribution in [1.82, 2.24) is 0 Å². The van der Waals surface area contributed by atoms with Crippen LogP contribution in [0.15, 0.2) is 23.8 Å². The first-order valence-electron chi connectivity index (χ1n) is 13.4. The van der Waals surface area contributed by atoms with E-state index in [0.717, 1.165) is 0 Å². The molecule has 10 nitrogen and oxygen atoms in total. The van der Waals surface area contributed by atoms with Gasteiger partial charge in [-0.15, -0.1) is 0 Å². The average molecular weight is 549 g/mol. The Hall–Kier alpha value is -2.72. The molecule has 0 bridgehead atoms. The fraction of sp³-hybridized carbons (Fsp3) is 0.724. The van der Waals surface area contributed by atoms with E-state index in [2.05, 4.69) is 6.58 Å². The van der Waals surface area contributed by atoms with Crippen molar-refractivity contribution in [2.75, 3.05) is 6.61 Å². The highest BCUT2D eigenvalue weighted by Crippen LogP contribution is 2.69. The summed E-state index contributed by atoms with van der Waals surface area (Å²) in [7, 11) is 0.